The highest BCUT2D eigenvalue weighted by Crippen LogP contribution is 2.47. The zero-order valence-electron chi connectivity index (χ0n) is 16.7. The van der Waals surface area contributed by atoms with Crippen molar-refractivity contribution >= 4 is 17.5 Å². The Balaban J connectivity index is 1.32. The molecule has 0 atom stereocenters. The van der Waals surface area contributed by atoms with Gasteiger partial charge in [0.15, 0.2) is 0 Å². The second-order valence-electron chi connectivity index (χ2n) is 8.01. The van der Waals surface area contributed by atoms with Gasteiger partial charge in [0.2, 0.25) is 11.8 Å². The van der Waals surface area contributed by atoms with Gasteiger partial charge in [0.25, 0.3) is 0 Å². The van der Waals surface area contributed by atoms with Crippen molar-refractivity contribution in [3.63, 3.8) is 0 Å². The van der Waals surface area contributed by atoms with E-state index in [1.807, 2.05) is 31.2 Å². The lowest BCUT2D eigenvalue weighted by molar-refractivity contribution is -0.144. The lowest BCUT2D eigenvalue weighted by atomic mass is 10.0. The molecule has 2 fully saturated rings. The molecule has 1 aliphatic carbocycles. The predicted molar refractivity (Wildman–Crippen MR) is 110 cm³/mol. The number of halogens is 1. The Kier molecular flexibility index (Phi) is 5.26. The highest BCUT2D eigenvalue weighted by atomic mass is 19.1. The van der Waals surface area contributed by atoms with Gasteiger partial charge in [-0.25, -0.2) is 4.39 Å². The summed E-state index contributed by atoms with van der Waals surface area (Å²) >= 11 is 0. The van der Waals surface area contributed by atoms with Crippen LogP contribution in [0.4, 0.5) is 10.1 Å². The van der Waals surface area contributed by atoms with Gasteiger partial charge in [-0.3, -0.25) is 9.59 Å². The number of rotatable bonds is 5. The van der Waals surface area contributed by atoms with E-state index in [2.05, 4.69) is 10.2 Å². The summed E-state index contributed by atoms with van der Waals surface area (Å²) in [6.07, 6.45) is 1.23. The van der Waals surface area contributed by atoms with Crippen LogP contribution in [0.15, 0.2) is 48.5 Å². The van der Waals surface area contributed by atoms with Crippen LogP contribution in [-0.2, 0) is 16.1 Å². The molecule has 0 bridgehead atoms. The molecule has 0 aromatic heterocycles. The van der Waals surface area contributed by atoms with Crippen molar-refractivity contribution in [2.45, 2.75) is 26.3 Å². The third-order valence-corrected chi connectivity index (χ3v) is 5.93. The highest BCUT2D eigenvalue weighted by Gasteiger charge is 2.58. The van der Waals surface area contributed by atoms with E-state index < -0.39 is 5.41 Å². The van der Waals surface area contributed by atoms with Gasteiger partial charge < -0.3 is 15.1 Å². The molecule has 0 unspecified atom stereocenters. The number of benzene rings is 2. The van der Waals surface area contributed by atoms with Gasteiger partial charge in [-0.2, -0.15) is 0 Å². The number of anilines is 1. The molecular formula is C23H26FN3O2. The Morgan fingerprint density at radius 2 is 1.59 bits per heavy atom. The molecule has 0 spiro atoms. The summed E-state index contributed by atoms with van der Waals surface area (Å²) in [5, 5.41) is 2.95. The Morgan fingerprint density at radius 3 is 2.17 bits per heavy atom. The molecule has 1 heterocycles. The van der Waals surface area contributed by atoms with Crippen LogP contribution >= 0.6 is 0 Å². The van der Waals surface area contributed by atoms with E-state index in [0.29, 0.717) is 45.6 Å². The molecule has 29 heavy (non-hydrogen) atoms. The molecule has 2 aromatic rings. The maximum absolute atomic E-state index is 13.1. The average Bonchev–Trinajstić information content (AvgIpc) is 3.55. The van der Waals surface area contributed by atoms with Crippen molar-refractivity contribution < 1.29 is 14.0 Å². The Labute approximate surface area is 170 Å². The molecule has 4 rings (SSSR count). The van der Waals surface area contributed by atoms with Crippen molar-refractivity contribution in [2.75, 3.05) is 31.1 Å². The smallest absolute Gasteiger partial charge is 0.238 e. The number of nitrogens with zero attached hydrogens (tertiary/aromatic N) is 2. The van der Waals surface area contributed by atoms with E-state index in [0.717, 1.165) is 11.3 Å². The van der Waals surface area contributed by atoms with Crippen molar-refractivity contribution in [1.82, 2.24) is 10.2 Å². The van der Waals surface area contributed by atoms with E-state index >= 15 is 0 Å². The molecule has 6 heteroatoms. The fourth-order valence-electron chi connectivity index (χ4n) is 3.84. The lowest BCUT2D eigenvalue weighted by Gasteiger charge is -2.37. The number of hydrogen-bond donors (Lipinski definition) is 1. The van der Waals surface area contributed by atoms with E-state index in [9.17, 15) is 14.0 Å². The van der Waals surface area contributed by atoms with E-state index in [4.69, 9.17) is 0 Å². The number of carbonyl (C=O) groups is 2. The van der Waals surface area contributed by atoms with Gasteiger partial charge in [-0.15, -0.1) is 0 Å². The first-order valence-corrected chi connectivity index (χ1v) is 10.1. The standard InChI is InChI=1S/C23H26FN3O2/c1-17-2-4-18(5-3-17)16-25-21(28)23(10-11-23)22(29)27-14-12-26(13-15-27)20-8-6-19(24)7-9-20/h2-9H,10-16H2,1H3,(H,25,28). The molecule has 2 aromatic carbocycles. The van der Waals surface area contributed by atoms with Gasteiger partial charge in [-0.1, -0.05) is 29.8 Å². The van der Waals surface area contributed by atoms with Crippen LogP contribution in [0, 0.1) is 18.2 Å². The fraction of sp³-hybridized carbons (Fsp3) is 0.391. The zero-order valence-corrected chi connectivity index (χ0v) is 16.7. The molecule has 152 valence electrons. The van der Waals surface area contributed by atoms with Crippen LogP contribution in [0.1, 0.15) is 24.0 Å². The summed E-state index contributed by atoms with van der Waals surface area (Å²) in [5.74, 6) is -0.475. The van der Waals surface area contributed by atoms with Crippen molar-refractivity contribution in [3.05, 3.63) is 65.5 Å². The van der Waals surface area contributed by atoms with Crippen LogP contribution in [0.2, 0.25) is 0 Å². The zero-order chi connectivity index (χ0) is 20.4. The molecule has 5 nitrogen and oxygen atoms in total. The first kappa shape index (κ1) is 19.4. The highest BCUT2D eigenvalue weighted by molar-refractivity contribution is 6.07. The van der Waals surface area contributed by atoms with Crippen molar-refractivity contribution in [1.29, 1.82) is 0 Å². The summed E-state index contributed by atoms with van der Waals surface area (Å²) in [7, 11) is 0. The topological polar surface area (TPSA) is 52.7 Å². The number of hydrogen-bond acceptors (Lipinski definition) is 3. The number of aryl methyl sites for hydroxylation is 1. The molecule has 2 aliphatic rings. The van der Waals surface area contributed by atoms with Crippen LogP contribution in [0.3, 0.4) is 0 Å². The Morgan fingerprint density at radius 1 is 0.966 bits per heavy atom. The maximum Gasteiger partial charge on any atom is 0.238 e. The summed E-state index contributed by atoms with van der Waals surface area (Å²) in [5.41, 5.74) is 2.27. The lowest BCUT2D eigenvalue weighted by Crippen LogP contribution is -2.53. The summed E-state index contributed by atoms with van der Waals surface area (Å²) in [6.45, 7) is 4.96. The number of piperazine rings is 1. The van der Waals surface area contributed by atoms with Gasteiger partial charge in [-0.05, 0) is 49.6 Å². The van der Waals surface area contributed by atoms with Crippen LogP contribution < -0.4 is 10.2 Å². The molecule has 1 N–H and O–H groups in total. The normalized spacial score (nSPS) is 17.7. The second kappa shape index (κ2) is 7.85. The monoisotopic (exact) mass is 395 g/mol. The average molecular weight is 395 g/mol. The Bertz CT molecular complexity index is 883. The largest absolute Gasteiger partial charge is 0.368 e. The molecule has 0 radical (unpaired) electrons. The summed E-state index contributed by atoms with van der Waals surface area (Å²) in [4.78, 5) is 29.8. The molecule has 2 amide bonds. The minimum atomic E-state index is -0.886. The minimum absolute atomic E-state index is 0.0577. The van der Waals surface area contributed by atoms with Crippen LogP contribution in [0.25, 0.3) is 0 Å². The first-order valence-electron chi connectivity index (χ1n) is 10.1. The number of nitrogens with one attached hydrogen (secondary N) is 1. The quantitative estimate of drug-likeness (QED) is 0.792. The molecule has 1 aliphatic heterocycles. The summed E-state index contributed by atoms with van der Waals surface area (Å²) < 4.78 is 13.1. The van der Waals surface area contributed by atoms with Gasteiger partial charge in [0.05, 0.1) is 0 Å². The second-order valence-corrected chi connectivity index (χ2v) is 8.01. The third kappa shape index (κ3) is 4.11. The van der Waals surface area contributed by atoms with E-state index in [1.165, 1.54) is 17.7 Å². The summed E-state index contributed by atoms with van der Waals surface area (Å²) in [6, 6.07) is 14.4. The van der Waals surface area contributed by atoms with Crippen LogP contribution in [-0.4, -0.2) is 42.9 Å². The van der Waals surface area contributed by atoms with Crippen molar-refractivity contribution in [3.8, 4) is 0 Å². The number of amides is 2. The predicted octanol–water partition coefficient (Wildman–Crippen LogP) is 2.88. The molecule has 1 saturated carbocycles. The Hall–Kier alpha value is -2.89. The molecule has 1 saturated heterocycles. The minimum Gasteiger partial charge on any atom is -0.368 e. The first-order chi connectivity index (χ1) is 14.0. The van der Waals surface area contributed by atoms with Gasteiger partial charge in [0.1, 0.15) is 11.2 Å². The van der Waals surface area contributed by atoms with Crippen LogP contribution in [0.5, 0.6) is 0 Å². The maximum atomic E-state index is 13.1. The third-order valence-electron chi connectivity index (χ3n) is 5.93. The SMILES string of the molecule is Cc1ccc(CNC(=O)C2(C(=O)N3CCN(c4ccc(F)cc4)CC3)CC2)cc1. The van der Waals surface area contributed by atoms with Gasteiger partial charge >= 0.3 is 0 Å². The van der Waals surface area contributed by atoms with Crippen molar-refractivity contribution in [2.24, 2.45) is 5.41 Å². The van der Waals surface area contributed by atoms with Gasteiger partial charge in [0, 0.05) is 38.4 Å². The fourth-order valence-corrected chi connectivity index (χ4v) is 3.84. The van der Waals surface area contributed by atoms with E-state index in [1.54, 1.807) is 17.0 Å². The number of carbonyl (C=O) groups excluding carboxylic acids is 2. The van der Waals surface area contributed by atoms with E-state index in [-0.39, 0.29) is 17.6 Å². The molecular weight excluding hydrogens is 369 g/mol.